The average molecular weight is 350 g/mol. The highest BCUT2D eigenvalue weighted by molar-refractivity contribution is 5.91. The Bertz CT molecular complexity index is 885. The second kappa shape index (κ2) is 7.17. The SMILES string of the molecule is CN1Cc2ccccc2C[C@@H]1CNC(=O)c1ccc(Cn2ccnc2)o1. The van der Waals surface area contributed by atoms with Crippen LogP contribution in [0, 0.1) is 0 Å². The van der Waals surface area contributed by atoms with Crippen LogP contribution in [0.3, 0.4) is 0 Å². The standard InChI is InChI=1S/C20H22N4O2/c1-23-12-16-5-3-2-4-15(16)10-17(23)11-22-20(25)19-7-6-18(26-19)13-24-9-8-21-14-24/h2-9,14,17H,10-13H2,1H3,(H,22,25)/t17-/m1/s1. The number of rotatable bonds is 5. The molecule has 3 aromatic rings. The van der Waals surface area contributed by atoms with Gasteiger partial charge in [0.15, 0.2) is 5.76 Å². The molecule has 6 nitrogen and oxygen atoms in total. The monoisotopic (exact) mass is 350 g/mol. The van der Waals surface area contributed by atoms with Crippen molar-refractivity contribution in [3.05, 3.63) is 77.8 Å². The maximum Gasteiger partial charge on any atom is 0.287 e. The molecule has 0 unspecified atom stereocenters. The van der Waals surface area contributed by atoms with Crippen LogP contribution in [0.5, 0.6) is 0 Å². The van der Waals surface area contributed by atoms with Gasteiger partial charge in [-0.15, -0.1) is 0 Å². The first kappa shape index (κ1) is 16.6. The molecule has 1 amide bonds. The third kappa shape index (κ3) is 3.55. The Morgan fingerprint density at radius 3 is 2.92 bits per heavy atom. The summed E-state index contributed by atoms with van der Waals surface area (Å²) in [6, 6.07) is 12.3. The summed E-state index contributed by atoms with van der Waals surface area (Å²) in [7, 11) is 2.10. The summed E-state index contributed by atoms with van der Waals surface area (Å²) in [5.74, 6) is 0.907. The Balaban J connectivity index is 1.35. The highest BCUT2D eigenvalue weighted by Gasteiger charge is 2.24. The van der Waals surface area contributed by atoms with E-state index in [2.05, 4.69) is 46.5 Å². The molecule has 1 aliphatic heterocycles. The third-order valence-corrected chi connectivity index (χ3v) is 4.90. The predicted octanol–water partition coefficient (Wildman–Crippen LogP) is 2.31. The average Bonchev–Trinajstić information content (AvgIpc) is 3.32. The van der Waals surface area contributed by atoms with Gasteiger partial charge in [-0.25, -0.2) is 4.98 Å². The van der Waals surface area contributed by atoms with Crippen molar-refractivity contribution >= 4 is 5.91 Å². The summed E-state index contributed by atoms with van der Waals surface area (Å²) >= 11 is 0. The number of fused-ring (bicyclic) bond motifs is 1. The molecule has 6 heteroatoms. The minimum atomic E-state index is -0.172. The van der Waals surface area contributed by atoms with E-state index in [9.17, 15) is 4.79 Å². The first-order chi connectivity index (χ1) is 12.7. The normalized spacial score (nSPS) is 17.0. The van der Waals surface area contributed by atoms with Gasteiger partial charge in [0, 0.05) is 31.5 Å². The minimum Gasteiger partial charge on any atom is -0.454 e. The zero-order valence-corrected chi connectivity index (χ0v) is 14.8. The van der Waals surface area contributed by atoms with Gasteiger partial charge in [-0.2, -0.15) is 0 Å². The minimum absolute atomic E-state index is 0.172. The molecule has 3 heterocycles. The van der Waals surface area contributed by atoms with E-state index in [-0.39, 0.29) is 11.9 Å². The zero-order chi connectivity index (χ0) is 17.9. The third-order valence-electron chi connectivity index (χ3n) is 4.90. The van der Waals surface area contributed by atoms with Crippen molar-refractivity contribution in [3.63, 3.8) is 0 Å². The number of hydrogen-bond acceptors (Lipinski definition) is 4. The molecular weight excluding hydrogens is 328 g/mol. The molecule has 0 spiro atoms. The summed E-state index contributed by atoms with van der Waals surface area (Å²) in [5, 5.41) is 3.01. The maximum atomic E-state index is 12.4. The van der Waals surface area contributed by atoms with E-state index in [1.165, 1.54) is 11.1 Å². The van der Waals surface area contributed by atoms with E-state index < -0.39 is 0 Å². The molecule has 0 radical (unpaired) electrons. The number of amides is 1. The molecule has 0 saturated carbocycles. The van der Waals surface area contributed by atoms with Crippen LogP contribution in [0.25, 0.3) is 0 Å². The van der Waals surface area contributed by atoms with Gasteiger partial charge >= 0.3 is 0 Å². The molecular formula is C20H22N4O2. The summed E-state index contributed by atoms with van der Waals surface area (Å²) < 4.78 is 7.57. The van der Waals surface area contributed by atoms with Crippen molar-refractivity contribution in [2.24, 2.45) is 0 Å². The van der Waals surface area contributed by atoms with Crippen LogP contribution in [-0.2, 0) is 19.5 Å². The molecule has 1 aliphatic rings. The van der Waals surface area contributed by atoms with Gasteiger partial charge in [0.25, 0.3) is 5.91 Å². The number of nitrogens with one attached hydrogen (secondary N) is 1. The number of furan rings is 1. The van der Waals surface area contributed by atoms with Gasteiger partial charge in [-0.05, 0) is 36.7 Å². The molecule has 1 aromatic carbocycles. The number of hydrogen-bond donors (Lipinski definition) is 1. The first-order valence-corrected chi connectivity index (χ1v) is 8.79. The molecule has 0 saturated heterocycles. The number of likely N-dealkylation sites (N-methyl/N-ethyl adjacent to an activating group) is 1. The second-order valence-electron chi connectivity index (χ2n) is 6.75. The molecule has 0 aliphatic carbocycles. The quantitative estimate of drug-likeness (QED) is 0.767. The Morgan fingerprint density at radius 2 is 2.12 bits per heavy atom. The van der Waals surface area contributed by atoms with Gasteiger partial charge < -0.3 is 14.3 Å². The first-order valence-electron chi connectivity index (χ1n) is 8.79. The van der Waals surface area contributed by atoms with Crippen LogP contribution in [0.1, 0.15) is 27.4 Å². The van der Waals surface area contributed by atoms with Crippen molar-refractivity contribution in [1.82, 2.24) is 19.8 Å². The molecule has 0 fully saturated rings. The number of benzene rings is 1. The van der Waals surface area contributed by atoms with E-state index in [4.69, 9.17) is 4.42 Å². The molecule has 4 rings (SSSR count). The second-order valence-corrected chi connectivity index (χ2v) is 6.75. The molecule has 1 N–H and O–H groups in total. The van der Waals surface area contributed by atoms with E-state index in [1.807, 2.05) is 16.8 Å². The lowest BCUT2D eigenvalue weighted by Crippen LogP contribution is -2.45. The van der Waals surface area contributed by atoms with E-state index in [0.717, 1.165) is 18.7 Å². The van der Waals surface area contributed by atoms with Crippen molar-refractivity contribution in [2.75, 3.05) is 13.6 Å². The van der Waals surface area contributed by atoms with Crippen LogP contribution in [0.2, 0.25) is 0 Å². The Hall–Kier alpha value is -2.86. The largest absolute Gasteiger partial charge is 0.454 e. The molecule has 1 atom stereocenters. The number of imidazole rings is 1. The summed E-state index contributed by atoms with van der Waals surface area (Å²) in [6.45, 7) is 2.07. The van der Waals surface area contributed by atoms with Crippen molar-refractivity contribution < 1.29 is 9.21 Å². The van der Waals surface area contributed by atoms with Crippen LogP contribution in [-0.4, -0.2) is 40.0 Å². The topological polar surface area (TPSA) is 63.3 Å². The van der Waals surface area contributed by atoms with Gasteiger partial charge in [0.05, 0.1) is 12.9 Å². The van der Waals surface area contributed by atoms with E-state index in [1.54, 1.807) is 18.6 Å². The molecule has 2 aromatic heterocycles. The summed E-state index contributed by atoms with van der Waals surface area (Å²) in [4.78, 5) is 18.7. The lowest BCUT2D eigenvalue weighted by atomic mass is 9.94. The van der Waals surface area contributed by atoms with Crippen LogP contribution < -0.4 is 5.32 Å². The number of carbonyl (C=O) groups excluding carboxylic acids is 1. The fraction of sp³-hybridized carbons (Fsp3) is 0.300. The molecule has 134 valence electrons. The van der Waals surface area contributed by atoms with Crippen molar-refractivity contribution in [2.45, 2.75) is 25.6 Å². The van der Waals surface area contributed by atoms with Crippen LogP contribution in [0.15, 0.2) is 59.5 Å². The number of nitrogens with zero attached hydrogens (tertiary/aromatic N) is 3. The zero-order valence-electron chi connectivity index (χ0n) is 14.8. The molecule has 26 heavy (non-hydrogen) atoms. The maximum absolute atomic E-state index is 12.4. The fourth-order valence-corrected chi connectivity index (χ4v) is 3.39. The van der Waals surface area contributed by atoms with Gasteiger partial charge in [-0.1, -0.05) is 24.3 Å². The van der Waals surface area contributed by atoms with Gasteiger partial charge in [-0.3, -0.25) is 9.69 Å². The predicted molar refractivity (Wildman–Crippen MR) is 97.8 cm³/mol. The highest BCUT2D eigenvalue weighted by atomic mass is 16.4. The lowest BCUT2D eigenvalue weighted by molar-refractivity contribution is 0.0905. The van der Waals surface area contributed by atoms with E-state index in [0.29, 0.717) is 18.8 Å². The van der Waals surface area contributed by atoms with Gasteiger partial charge in [0.1, 0.15) is 5.76 Å². The van der Waals surface area contributed by atoms with Crippen LogP contribution in [0.4, 0.5) is 0 Å². The Kier molecular flexibility index (Phi) is 4.58. The fourth-order valence-electron chi connectivity index (χ4n) is 3.39. The van der Waals surface area contributed by atoms with Crippen molar-refractivity contribution in [3.8, 4) is 0 Å². The van der Waals surface area contributed by atoms with Crippen molar-refractivity contribution in [1.29, 1.82) is 0 Å². The Labute approximate surface area is 152 Å². The van der Waals surface area contributed by atoms with E-state index >= 15 is 0 Å². The van der Waals surface area contributed by atoms with Gasteiger partial charge in [0.2, 0.25) is 0 Å². The highest BCUT2D eigenvalue weighted by Crippen LogP contribution is 2.21. The summed E-state index contributed by atoms with van der Waals surface area (Å²) in [5.41, 5.74) is 2.73. The van der Waals surface area contributed by atoms with Crippen LogP contribution >= 0.6 is 0 Å². The number of aromatic nitrogens is 2. The summed E-state index contributed by atoms with van der Waals surface area (Å²) in [6.07, 6.45) is 6.24. The lowest BCUT2D eigenvalue weighted by Gasteiger charge is -2.34. The number of carbonyl (C=O) groups is 1. The molecule has 0 bridgehead atoms. The smallest absolute Gasteiger partial charge is 0.287 e. The Morgan fingerprint density at radius 1 is 1.27 bits per heavy atom.